The van der Waals surface area contributed by atoms with Crippen molar-refractivity contribution in [2.75, 3.05) is 6.54 Å². The van der Waals surface area contributed by atoms with Crippen LogP contribution in [0.1, 0.15) is 25.6 Å². The first kappa shape index (κ1) is 11.8. The number of carbonyl (C=O) groups is 1. The van der Waals surface area contributed by atoms with E-state index in [4.69, 9.17) is 0 Å². The van der Waals surface area contributed by atoms with Gasteiger partial charge in [0, 0.05) is 5.41 Å². The standard InChI is InChI=1S/C12H15NOS/c1-12(2,3)11(14)13-8-4-6-10-7-5-9-15-10/h5,7,9H,8H2,1-3H3,(H,13,14). The molecule has 0 saturated heterocycles. The third kappa shape index (κ3) is 4.18. The predicted octanol–water partition coefficient (Wildman–Crippen LogP) is 2.26. The van der Waals surface area contributed by atoms with E-state index in [-0.39, 0.29) is 11.3 Å². The van der Waals surface area contributed by atoms with Crippen LogP contribution in [0.25, 0.3) is 0 Å². The normalized spacial score (nSPS) is 10.3. The van der Waals surface area contributed by atoms with Crippen molar-refractivity contribution >= 4 is 17.2 Å². The molecule has 15 heavy (non-hydrogen) atoms. The van der Waals surface area contributed by atoms with E-state index >= 15 is 0 Å². The molecular formula is C12H15NOS. The molecule has 1 aromatic heterocycles. The lowest BCUT2D eigenvalue weighted by Gasteiger charge is -2.15. The van der Waals surface area contributed by atoms with E-state index < -0.39 is 0 Å². The molecule has 1 heterocycles. The number of thiophene rings is 1. The molecule has 80 valence electrons. The molecule has 0 bridgehead atoms. The fraction of sp³-hybridized carbons (Fsp3) is 0.417. The lowest BCUT2D eigenvalue weighted by molar-refractivity contribution is -0.128. The summed E-state index contributed by atoms with van der Waals surface area (Å²) in [7, 11) is 0. The van der Waals surface area contributed by atoms with Crippen LogP contribution in [-0.2, 0) is 4.79 Å². The number of amides is 1. The monoisotopic (exact) mass is 221 g/mol. The van der Waals surface area contributed by atoms with Crippen molar-refractivity contribution in [2.24, 2.45) is 5.41 Å². The molecule has 1 rings (SSSR count). The zero-order valence-corrected chi connectivity index (χ0v) is 10.1. The van der Waals surface area contributed by atoms with Crippen molar-refractivity contribution in [3.8, 4) is 11.8 Å². The molecular weight excluding hydrogens is 206 g/mol. The SMILES string of the molecule is CC(C)(C)C(=O)NCC#Cc1cccs1. The van der Waals surface area contributed by atoms with Gasteiger partial charge >= 0.3 is 0 Å². The molecule has 1 amide bonds. The summed E-state index contributed by atoms with van der Waals surface area (Å²) in [4.78, 5) is 12.5. The molecule has 1 aromatic rings. The van der Waals surface area contributed by atoms with Gasteiger partial charge in [-0.25, -0.2) is 0 Å². The first-order valence-electron chi connectivity index (χ1n) is 4.81. The van der Waals surface area contributed by atoms with E-state index in [0.717, 1.165) is 4.88 Å². The summed E-state index contributed by atoms with van der Waals surface area (Å²) >= 11 is 1.60. The van der Waals surface area contributed by atoms with E-state index in [0.29, 0.717) is 6.54 Å². The van der Waals surface area contributed by atoms with Gasteiger partial charge in [-0.1, -0.05) is 38.7 Å². The predicted molar refractivity (Wildman–Crippen MR) is 63.7 cm³/mol. The first-order chi connectivity index (χ1) is 7.00. The van der Waals surface area contributed by atoms with E-state index in [1.54, 1.807) is 11.3 Å². The largest absolute Gasteiger partial charge is 0.345 e. The molecule has 1 N–H and O–H groups in total. The zero-order valence-electron chi connectivity index (χ0n) is 9.26. The molecule has 0 aliphatic carbocycles. The molecule has 0 aromatic carbocycles. The number of carbonyl (C=O) groups excluding carboxylic acids is 1. The second kappa shape index (κ2) is 4.99. The Morgan fingerprint density at radius 2 is 2.27 bits per heavy atom. The minimum absolute atomic E-state index is 0.0305. The van der Waals surface area contributed by atoms with E-state index in [2.05, 4.69) is 17.2 Å². The Morgan fingerprint density at radius 3 is 2.80 bits per heavy atom. The number of hydrogen-bond donors (Lipinski definition) is 1. The van der Waals surface area contributed by atoms with Crippen LogP contribution in [0, 0.1) is 17.3 Å². The van der Waals surface area contributed by atoms with Gasteiger partial charge in [-0.05, 0) is 11.4 Å². The van der Waals surface area contributed by atoms with Gasteiger partial charge in [0.25, 0.3) is 0 Å². The Bertz CT molecular complexity index is 376. The van der Waals surface area contributed by atoms with Crippen LogP contribution in [0.15, 0.2) is 17.5 Å². The highest BCUT2D eigenvalue weighted by Crippen LogP contribution is 2.11. The van der Waals surface area contributed by atoms with Gasteiger partial charge in [-0.15, -0.1) is 11.3 Å². The molecule has 0 fully saturated rings. The van der Waals surface area contributed by atoms with Crippen LogP contribution < -0.4 is 5.32 Å². The average molecular weight is 221 g/mol. The van der Waals surface area contributed by atoms with Crippen LogP contribution >= 0.6 is 11.3 Å². The highest BCUT2D eigenvalue weighted by atomic mass is 32.1. The third-order valence-corrected chi connectivity index (χ3v) is 2.54. The number of rotatable bonds is 1. The van der Waals surface area contributed by atoms with Crippen LogP contribution in [0.2, 0.25) is 0 Å². The third-order valence-electron chi connectivity index (χ3n) is 1.75. The molecule has 0 aliphatic heterocycles. The lowest BCUT2D eigenvalue weighted by atomic mass is 9.96. The molecule has 0 aliphatic rings. The summed E-state index contributed by atoms with van der Waals surface area (Å²) in [5.41, 5.74) is -0.343. The van der Waals surface area contributed by atoms with E-state index in [1.807, 2.05) is 38.3 Å². The van der Waals surface area contributed by atoms with Crippen LogP contribution in [-0.4, -0.2) is 12.5 Å². The summed E-state index contributed by atoms with van der Waals surface area (Å²) in [6.45, 7) is 6.06. The van der Waals surface area contributed by atoms with Crippen molar-refractivity contribution in [2.45, 2.75) is 20.8 Å². The van der Waals surface area contributed by atoms with Crippen LogP contribution in [0.4, 0.5) is 0 Å². The molecule has 0 unspecified atom stereocenters. The maximum Gasteiger partial charge on any atom is 0.226 e. The van der Waals surface area contributed by atoms with E-state index in [1.165, 1.54) is 0 Å². The topological polar surface area (TPSA) is 29.1 Å². The molecule has 0 spiro atoms. The quantitative estimate of drug-likeness (QED) is 0.724. The highest BCUT2D eigenvalue weighted by molar-refractivity contribution is 7.10. The van der Waals surface area contributed by atoms with Crippen molar-refractivity contribution in [3.63, 3.8) is 0 Å². The minimum atomic E-state index is -0.343. The van der Waals surface area contributed by atoms with Gasteiger partial charge in [0.1, 0.15) is 0 Å². The minimum Gasteiger partial charge on any atom is -0.345 e. The zero-order chi connectivity index (χ0) is 11.3. The Balaban J connectivity index is 2.37. The summed E-state index contributed by atoms with van der Waals surface area (Å²) in [6.07, 6.45) is 0. The Labute approximate surface area is 94.7 Å². The first-order valence-corrected chi connectivity index (χ1v) is 5.69. The van der Waals surface area contributed by atoms with Crippen LogP contribution in [0.3, 0.4) is 0 Å². The van der Waals surface area contributed by atoms with Crippen LogP contribution in [0.5, 0.6) is 0 Å². The Hall–Kier alpha value is -1.27. The maximum atomic E-state index is 11.4. The van der Waals surface area contributed by atoms with Crippen molar-refractivity contribution < 1.29 is 4.79 Å². The highest BCUT2D eigenvalue weighted by Gasteiger charge is 2.19. The van der Waals surface area contributed by atoms with E-state index in [9.17, 15) is 4.79 Å². The second-order valence-electron chi connectivity index (χ2n) is 4.21. The van der Waals surface area contributed by atoms with Gasteiger partial charge in [-0.2, -0.15) is 0 Å². The van der Waals surface area contributed by atoms with Crippen molar-refractivity contribution in [1.82, 2.24) is 5.32 Å². The fourth-order valence-corrected chi connectivity index (χ4v) is 1.46. The fourth-order valence-electron chi connectivity index (χ4n) is 0.871. The number of nitrogens with one attached hydrogen (secondary N) is 1. The summed E-state index contributed by atoms with van der Waals surface area (Å²) in [5, 5.41) is 4.76. The Kier molecular flexibility index (Phi) is 3.93. The second-order valence-corrected chi connectivity index (χ2v) is 5.16. The number of hydrogen-bond acceptors (Lipinski definition) is 2. The molecule has 3 heteroatoms. The molecule has 0 radical (unpaired) electrons. The summed E-state index contributed by atoms with van der Waals surface area (Å²) in [6, 6.07) is 3.92. The average Bonchev–Trinajstić information content (AvgIpc) is 2.63. The van der Waals surface area contributed by atoms with Gasteiger partial charge in [-0.3, -0.25) is 4.79 Å². The van der Waals surface area contributed by atoms with Gasteiger partial charge in [0.15, 0.2) is 0 Å². The smallest absolute Gasteiger partial charge is 0.226 e. The molecule has 0 saturated carbocycles. The summed E-state index contributed by atoms with van der Waals surface area (Å²) < 4.78 is 0. The van der Waals surface area contributed by atoms with Crippen molar-refractivity contribution in [3.05, 3.63) is 22.4 Å². The Morgan fingerprint density at radius 1 is 1.53 bits per heavy atom. The molecule has 2 nitrogen and oxygen atoms in total. The lowest BCUT2D eigenvalue weighted by Crippen LogP contribution is -2.34. The summed E-state index contributed by atoms with van der Waals surface area (Å²) in [5.74, 6) is 5.94. The maximum absolute atomic E-state index is 11.4. The van der Waals surface area contributed by atoms with Gasteiger partial charge in [0.05, 0.1) is 11.4 Å². The molecule has 0 atom stereocenters. The van der Waals surface area contributed by atoms with Gasteiger partial charge in [0.2, 0.25) is 5.91 Å². The van der Waals surface area contributed by atoms with Crippen molar-refractivity contribution in [1.29, 1.82) is 0 Å². The van der Waals surface area contributed by atoms with Gasteiger partial charge < -0.3 is 5.32 Å².